The van der Waals surface area contributed by atoms with Crippen molar-refractivity contribution in [3.63, 3.8) is 0 Å². The number of amides is 1. The van der Waals surface area contributed by atoms with Crippen LogP contribution < -0.4 is 22.1 Å². The van der Waals surface area contributed by atoms with Crippen LogP contribution in [-0.4, -0.2) is 56.0 Å². The van der Waals surface area contributed by atoms with E-state index in [2.05, 4.69) is 32.3 Å². The Morgan fingerprint density at radius 1 is 1.47 bits per heavy atom. The van der Waals surface area contributed by atoms with Crippen LogP contribution >= 0.6 is 11.3 Å². The Balaban J connectivity index is 1.68. The third kappa shape index (κ3) is 5.59. The summed E-state index contributed by atoms with van der Waals surface area (Å²) in [7, 11) is 1.89. The molecule has 1 aliphatic carbocycles. The van der Waals surface area contributed by atoms with Crippen LogP contribution in [0.15, 0.2) is 27.3 Å². The number of likely N-dealkylation sites (N-methyl/N-ethyl adjacent to an activating group) is 1. The van der Waals surface area contributed by atoms with Gasteiger partial charge in [0.2, 0.25) is 0 Å². The van der Waals surface area contributed by atoms with Gasteiger partial charge in [0, 0.05) is 48.2 Å². The lowest BCUT2D eigenvalue weighted by Crippen LogP contribution is -2.37. The van der Waals surface area contributed by atoms with Crippen molar-refractivity contribution in [2.45, 2.75) is 51.6 Å². The van der Waals surface area contributed by atoms with Gasteiger partial charge in [0.05, 0.1) is 5.69 Å². The maximum absolute atomic E-state index is 13.0. The SMILES string of the molecule is C=NC1=C(C=NCCC(N)CNC)CC(NC(=O)c2sc3nc(C)cc(C)c3c2N)CC1. The summed E-state index contributed by atoms with van der Waals surface area (Å²) in [5.74, 6) is -0.156. The fourth-order valence-corrected chi connectivity index (χ4v) is 5.18. The largest absolute Gasteiger partial charge is 0.397 e. The summed E-state index contributed by atoms with van der Waals surface area (Å²) in [4.78, 5) is 27.6. The lowest BCUT2D eigenvalue weighted by Gasteiger charge is -2.24. The van der Waals surface area contributed by atoms with Crippen LogP contribution in [0.2, 0.25) is 0 Å². The first-order chi connectivity index (χ1) is 15.3. The fraction of sp³-hybridized carbons (Fsp3) is 0.478. The van der Waals surface area contributed by atoms with E-state index in [4.69, 9.17) is 11.5 Å². The van der Waals surface area contributed by atoms with Crippen molar-refractivity contribution in [3.05, 3.63) is 33.5 Å². The van der Waals surface area contributed by atoms with Gasteiger partial charge in [-0.1, -0.05) is 0 Å². The van der Waals surface area contributed by atoms with Crippen LogP contribution in [0.25, 0.3) is 10.2 Å². The van der Waals surface area contributed by atoms with E-state index in [0.717, 1.165) is 58.6 Å². The minimum atomic E-state index is -0.156. The molecule has 1 amide bonds. The molecule has 2 heterocycles. The van der Waals surface area contributed by atoms with Gasteiger partial charge in [-0.25, -0.2) is 4.98 Å². The third-order valence-corrected chi connectivity index (χ3v) is 6.76. The molecule has 0 fully saturated rings. The summed E-state index contributed by atoms with van der Waals surface area (Å²) >= 11 is 1.35. The van der Waals surface area contributed by atoms with Gasteiger partial charge in [-0.2, -0.15) is 0 Å². The van der Waals surface area contributed by atoms with Crippen molar-refractivity contribution >= 4 is 46.1 Å². The Morgan fingerprint density at radius 3 is 2.97 bits per heavy atom. The second-order valence-corrected chi connectivity index (χ2v) is 9.29. The summed E-state index contributed by atoms with van der Waals surface area (Å²) in [6.07, 6.45) is 4.87. The number of nitrogen functional groups attached to an aromatic ring is 1. The minimum Gasteiger partial charge on any atom is -0.397 e. The number of carbonyl (C=O) groups is 1. The maximum Gasteiger partial charge on any atom is 0.263 e. The number of thiophene rings is 1. The van der Waals surface area contributed by atoms with E-state index in [1.54, 1.807) is 0 Å². The van der Waals surface area contributed by atoms with Crippen LogP contribution in [0.4, 0.5) is 5.69 Å². The predicted octanol–water partition coefficient (Wildman–Crippen LogP) is 2.74. The minimum absolute atomic E-state index is 0.0126. The molecule has 0 radical (unpaired) electrons. The van der Waals surface area contributed by atoms with E-state index >= 15 is 0 Å². The molecule has 0 bridgehead atoms. The number of nitrogens with two attached hydrogens (primary N) is 2. The van der Waals surface area contributed by atoms with Crippen LogP contribution in [0, 0.1) is 13.8 Å². The number of aryl methyl sites for hydroxylation is 2. The van der Waals surface area contributed by atoms with Crippen LogP contribution in [0.1, 0.15) is 46.6 Å². The predicted molar refractivity (Wildman–Crippen MR) is 135 cm³/mol. The molecule has 2 unspecified atom stereocenters. The summed E-state index contributed by atoms with van der Waals surface area (Å²) in [6.45, 7) is 9.05. The third-order valence-electron chi connectivity index (χ3n) is 5.67. The molecule has 0 aliphatic heterocycles. The van der Waals surface area contributed by atoms with Crippen molar-refractivity contribution in [3.8, 4) is 0 Å². The number of aliphatic imine (C=N–C) groups is 2. The van der Waals surface area contributed by atoms with E-state index in [1.165, 1.54) is 11.3 Å². The number of carbonyl (C=O) groups excluding carboxylic acids is 1. The summed E-state index contributed by atoms with van der Waals surface area (Å²) in [5.41, 5.74) is 16.8. The average molecular weight is 456 g/mol. The van der Waals surface area contributed by atoms with Crippen LogP contribution in [-0.2, 0) is 0 Å². The molecule has 2 aromatic heterocycles. The number of pyridine rings is 1. The highest BCUT2D eigenvalue weighted by molar-refractivity contribution is 7.21. The van der Waals surface area contributed by atoms with Crippen LogP contribution in [0.3, 0.4) is 0 Å². The van der Waals surface area contributed by atoms with Crippen molar-refractivity contribution in [2.24, 2.45) is 15.7 Å². The molecule has 2 aromatic rings. The molecule has 0 aromatic carbocycles. The molecule has 3 rings (SSSR count). The Morgan fingerprint density at radius 2 is 2.25 bits per heavy atom. The van der Waals surface area contributed by atoms with E-state index in [9.17, 15) is 4.79 Å². The average Bonchev–Trinajstić information content (AvgIpc) is 3.08. The molecule has 8 nitrogen and oxygen atoms in total. The number of rotatable bonds is 9. The maximum atomic E-state index is 13.0. The number of allylic oxidation sites excluding steroid dienone is 1. The molecule has 9 heteroatoms. The Hall–Kier alpha value is -2.62. The van der Waals surface area contributed by atoms with Gasteiger partial charge in [-0.3, -0.25) is 14.8 Å². The molecule has 0 saturated carbocycles. The second-order valence-electron chi connectivity index (χ2n) is 8.29. The lowest BCUT2D eigenvalue weighted by atomic mass is 9.92. The first-order valence-electron chi connectivity index (χ1n) is 10.9. The van der Waals surface area contributed by atoms with Gasteiger partial charge in [0.15, 0.2) is 0 Å². The number of hydrogen-bond acceptors (Lipinski definition) is 8. The molecule has 172 valence electrons. The van der Waals surface area contributed by atoms with Crippen LogP contribution in [0.5, 0.6) is 0 Å². The number of fused-ring (bicyclic) bond motifs is 1. The van der Waals surface area contributed by atoms with E-state index < -0.39 is 0 Å². The standard InChI is InChI=1S/C23H33N7OS/c1-13-9-14(2)29-23-19(13)20(25)21(32-23)22(31)30-17-5-6-18(27-4)15(10-17)11-28-8-7-16(24)12-26-3/h9,11,16-17,26H,4-8,10,12,24-25H2,1-3H3,(H,30,31). The highest BCUT2D eigenvalue weighted by Crippen LogP contribution is 2.35. The number of anilines is 1. The Bertz CT molecular complexity index is 1060. The van der Waals surface area contributed by atoms with Crippen molar-refractivity contribution in [2.75, 3.05) is 25.9 Å². The molecule has 0 saturated heterocycles. The molecule has 6 N–H and O–H groups in total. The number of nitrogens with one attached hydrogen (secondary N) is 2. The zero-order chi connectivity index (χ0) is 23.3. The number of aromatic nitrogens is 1. The van der Waals surface area contributed by atoms with Gasteiger partial charge >= 0.3 is 0 Å². The fourth-order valence-electron chi connectivity index (χ4n) is 4.06. The summed E-state index contributed by atoms with van der Waals surface area (Å²) in [5, 5.41) is 7.09. The normalized spacial score (nSPS) is 17.8. The first kappa shape index (κ1) is 24.0. The van der Waals surface area contributed by atoms with Crippen molar-refractivity contribution in [1.29, 1.82) is 0 Å². The smallest absolute Gasteiger partial charge is 0.263 e. The van der Waals surface area contributed by atoms with E-state index in [0.29, 0.717) is 23.5 Å². The Labute approximate surface area is 193 Å². The monoisotopic (exact) mass is 455 g/mol. The summed E-state index contributed by atoms with van der Waals surface area (Å²) in [6, 6.07) is 2.05. The van der Waals surface area contributed by atoms with E-state index in [-0.39, 0.29) is 18.0 Å². The van der Waals surface area contributed by atoms with Gasteiger partial charge in [-0.05, 0) is 70.5 Å². The highest BCUT2D eigenvalue weighted by atomic mass is 32.1. The highest BCUT2D eigenvalue weighted by Gasteiger charge is 2.25. The number of nitrogens with zero attached hydrogens (tertiary/aromatic N) is 3. The Kier molecular flexibility index (Phi) is 8.11. The quantitative estimate of drug-likeness (QED) is 0.432. The molecular weight excluding hydrogens is 422 g/mol. The zero-order valence-electron chi connectivity index (χ0n) is 19.1. The molecule has 0 spiro atoms. The van der Waals surface area contributed by atoms with Gasteiger partial charge in [0.1, 0.15) is 9.71 Å². The number of hydrogen-bond donors (Lipinski definition) is 4. The van der Waals surface area contributed by atoms with Crippen molar-refractivity contribution in [1.82, 2.24) is 15.6 Å². The first-order valence-corrected chi connectivity index (χ1v) is 11.7. The summed E-state index contributed by atoms with van der Waals surface area (Å²) < 4.78 is 0. The molecular formula is C23H33N7OS. The molecule has 2 atom stereocenters. The van der Waals surface area contributed by atoms with E-state index in [1.807, 2.05) is 33.2 Å². The van der Waals surface area contributed by atoms with Gasteiger partial charge in [-0.15, -0.1) is 11.3 Å². The van der Waals surface area contributed by atoms with Gasteiger partial charge in [0.25, 0.3) is 5.91 Å². The van der Waals surface area contributed by atoms with Crippen molar-refractivity contribution < 1.29 is 4.79 Å². The zero-order valence-corrected chi connectivity index (χ0v) is 19.9. The van der Waals surface area contributed by atoms with Gasteiger partial charge < -0.3 is 22.1 Å². The lowest BCUT2D eigenvalue weighted by molar-refractivity contribution is 0.0939. The molecule has 32 heavy (non-hydrogen) atoms. The molecule has 1 aliphatic rings. The topological polar surface area (TPSA) is 131 Å². The second kappa shape index (κ2) is 10.8.